The van der Waals surface area contributed by atoms with E-state index < -0.39 is 40.8 Å². The molecular formula is C18H15F2N3O4S. The van der Waals surface area contributed by atoms with Crippen LogP contribution in [0.25, 0.3) is 0 Å². The fourth-order valence-electron chi connectivity index (χ4n) is 3.54. The van der Waals surface area contributed by atoms with Crippen LogP contribution in [-0.4, -0.2) is 51.5 Å². The van der Waals surface area contributed by atoms with Gasteiger partial charge in [-0.2, -0.15) is 0 Å². The Hall–Kier alpha value is -2.72. The lowest BCUT2D eigenvalue weighted by atomic mass is 10.0. The number of β-lactam (4-membered cyclic amide) rings is 1. The zero-order valence-corrected chi connectivity index (χ0v) is 15.2. The molecule has 2 amide bonds. The average Bonchev–Trinajstić information content (AvgIpc) is 3.01. The van der Waals surface area contributed by atoms with Crippen LogP contribution < -0.4 is 10.6 Å². The second kappa shape index (κ2) is 6.71. The first-order valence-electron chi connectivity index (χ1n) is 8.44. The predicted molar refractivity (Wildman–Crippen MR) is 97.1 cm³/mol. The quantitative estimate of drug-likeness (QED) is 0.577. The van der Waals surface area contributed by atoms with Crippen molar-refractivity contribution < 1.29 is 28.3 Å². The molecule has 2 atom stereocenters. The van der Waals surface area contributed by atoms with Gasteiger partial charge in [-0.3, -0.25) is 14.5 Å². The Morgan fingerprint density at radius 3 is 2.75 bits per heavy atom. The maximum Gasteiger partial charge on any atom is 0.352 e. The van der Waals surface area contributed by atoms with E-state index >= 15 is 0 Å². The van der Waals surface area contributed by atoms with Crippen molar-refractivity contribution in [3.05, 3.63) is 52.8 Å². The summed E-state index contributed by atoms with van der Waals surface area (Å²) in [6.07, 6.45) is 1.72. The van der Waals surface area contributed by atoms with Crippen molar-refractivity contribution in [3.63, 3.8) is 0 Å². The molecule has 4 rings (SSSR count). The Labute approximate surface area is 162 Å². The first-order valence-corrected chi connectivity index (χ1v) is 9.48. The van der Waals surface area contributed by atoms with Crippen molar-refractivity contribution in [1.82, 2.24) is 4.90 Å². The zero-order valence-electron chi connectivity index (χ0n) is 14.4. The van der Waals surface area contributed by atoms with E-state index in [-0.39, 0.29) is 30.1 Å². The molecule has 0 bridgehead atoms. The van der Waals surface area contributed by atoms with Crippen molar-refractivity contribution in [2.24, 2.45) is 5.73 Å². The van der Waals surface area contributed by atoms with Crippen LogP contribution in [-0.2, 0) is 14.4 Å². The predicted octanol–water partition coefficient (Wildman–Crippen LogP) is 1.21. The molecule has 146 valence electrons. The largest absolute Gasteiger partial charge is 0.477 e. The van der Waals surface area contributed by atoms with Crippen molar-refractivity contribution >= 4 is 35.2 Å². The highest BCUT2D eigenvalue weighted by Crippen LogP contribution is 2.40. The third-order valence-electron chi connectivity index (χ3n) is 4.92. The van der Waals surface area contributed by atoms with Gasteiger partial charge in [0.25, 0.3) is 5.91 Å². The number of benzene rings is 1. The second-order valence-corrected chi connectivity index (χ2v) is 7.69. The minimum Gasteiger partial charge on any atom is -0.477 e. The molecule has 1 aromatic carbocycles. The highest BCUT2D eigenvalue weighted by Gasteiger charge is 2.51. The number of carbonyl (C=O) groups is 3. The Bertz CT molecular complexity index is 978. The van der Waals surface area contributed by atoms with Gasteiger partial charge in [0, 0.05) is 23.9 Å². The summed E-state index contributed by atoms with van der Waals surface area (Å²) in [4.78, 5) is 38.7. The van der Waals surface area contributed by atoms with Gasteiger partial charge in [0.05, 0.1) is 5.69 Å². The number of aliphatic carboxylic acids is 1. The normalized spacial score (nSPS) is 26.0. The minimum absolute atomic E-state index is 0.0378. The van der Waals surface area contributed by atoms with E-state index in [1.54, 1.807) is 0 Å². The standard InChI is InChI=1S/C18H15F2N3O4S/c19-10-1-2-12(11(20)6-10)22-4-3-8(15(22)24)5-9-7-28-17-13(21)16(25)23(17)14(9)18(26)27/h1-2,5-6,13,17H,3-4,7,21H2,(H,26,27)/b8-5+. The topological polar surface area (TPSA) is 104 Å². The summed E-state index contributed by atoms with van der Waals surface area (Å²) < 4.78 is 27.1. The summed E-state index contributed by atoms with van der Waals surface area (Å²) in [5, 5.41) is 9.13. The number of hydrogen-bond acceptors (Lipinski definition) is 5. The minimum atomic E-state index is -1.27. The summed E-state index contributed by atoms with van der Waals surface area (Å²) in [5.74, 6) is -3.54. The lowest BCUT2D eigenvalue weighted by Gasteiger charge is -2.47. The average molecular weight is 407 g/mol. The number of carbonyl (C=O) groups excluding carboxylic acids is 2. The number of thioether (sulfide) groups is 1. The van der Waals surface area contributed by atoms with Gasteiger partial charge in [-0.1, -0.05) is 0 Å². The fourth-order valence-corrected chi connectivity index (χ4v) is 4.79. The molecule has 2 saturated heterocycles. The summed E-state index contributed by atoms with van der Waals surface area (Å²) >= 11 is 1.33. The first-order chi connectivity index (χ1) is 13.3. The number of carboxylic acids is 1. The molecule has 3 aliphatic rings. The molecule has 3 heterocycles. The Morgan fingerprint density at radius 1 is 1.32 bits per heavy atom. The maximum absolute atomic E-state index is 14.0. The summed E-state index contributed by atoms with van der Waals surface area (Å²) in [7, 11) is 0. The molecule has 10 heteroatoms. The van der Waals surface area contributed by atoms with Crippen molar-refractivity contribution in [1.29, 1.82) is 0 Å². The number of rotatable bonds is 3. The van der Waals surface area contributed by atoms with Crippen LogP contribution in [0.15, 0.2) is 41.1 Å². The van der Waals surface area contributed by atoms with Gasteiger partial charge in [-0.15, -0.1) is 11.8 Å². The van der Waals surface area contributed by atoms with Crippen LogP contribution in [0.1, 0.15) is 6.42 Å². The number of halogens is 2. The lowest BCUT2D eigenvalue weighted by Crippen LogP contribution is -2.68. The van der Waals surface area contributed by atoms with Crippen molar-refractivity contribution in [3.8, 4) is 0 Å². The highest BCUT2D eigenvalue weighted by molar-refractivity contribution is 8.00. The molecule has 0 saturated carbocycles. The van der Waals surface area contributed by atoms with Gasteiger partial charge in [-0.05, 0) is 30.2 Å². The van der Waals surface area contributed by atoms with E-state index in [4.69, 9.17) is 5.73 Å². The fraction of sp³-hybridized carbons (Fsp3) is 0.278. The number of hydrogen-bond donors (Lipinski definition) is 2. The Balaban J connectivity index is 1.66. The van der Waals surface area contributed by atoms with Gasteiger partial charge in [-0.25, -0.2) is 13.6 Å². The van der Waals surface area contributed by atoms with Gasteiger partial charge in [0.15, 0.2) is 0 Å². The molecule has 0 radical (unpaired) electrons. The van der Waals surface area contributed by atoms with Crippen LogP contribution >= 0.6 is 11.8 Å². The number of anilines is 1. The van der Waals surface area contributed by atoms with E-state index in [0.29, 0.717) is 17.2 Å². The van der Waals surface area contributed by atoms with E-state index in [2.05, 4.69) is 0 Å². The number of nitrogens with zero attached hydrogens (tertiary/aromatic N) is 2. The molecule has 3 N–H and O–H groups in total. The molecular weight excluding hydrogens is 392 g/mol. The van der Waals surface area contributed by atoms with Crippen molar-refractivity contribution in [2.45, 2.75) is 17.8 Å². The van der Waals surface area contributed by atoms with Crippen molar-refractivity contribution in [2.75, 3.05) is 17.2 Å². The Morgan fingerprint density at radius 2 is 2.07 bits per heavy atom. The van der Waals surface area contributed by atoms with E-state index in [1.165, 1.54) is 28.8 Å². The zero-order chi connectivity index (χ0) is 20.2. The smallest absolute Gasteiger partial charge is 0.352 e. The number of fused-ring (bicyclic) bond motifs is 1. The van der Waals surface area contributed by atoms with Gasteiger partial charge >= 0.3 is 5.97 Å². The molecule has 2 unspecified atom stereocenters. The number of carboxylic acid groups (broad SMARTS) is 1. The third kappa shape index (κ3) is 2.80. The number of allylic oxidation sites excluding steroid dienone is 1. The van der Waals surface area contributed by atoms with E-state index in [9.17, 15) is 28.3 Å². The Kier molecular flexibility index (Phi) is 4.47. The van der Waals surface area contributed by atoms with Gasteiger partial charge in [0.1, 0.15) is 28.7 Å². The van der Waals surface area contributed by atoms with Crippen LogP contribution in [0, 0.1) is 11.6 Å². The number of amides is 2. The molecule has 28 heavy (non-hydrogen) atoms. The summed E-state index contributed by atoms with van der Waals surface area (Å²) in [6.45, 7) is 0.187. The molecule has 0 spiro atoms. The number of nitrogens with two attached hydrogens (primary N) is 1. The molecule has 7 nitrogen and oxygen atoms in total. The van der Waals surface area contributed by atoms with E-state index in [1.807, 2.05) is 0 Å². The first kappa shape index (κ1) is 18.6. The van der Waals surface area contributed by atoms with Crippen LogP contribution in [0.3, 0.4) is 0 Å². The monoisotopic (exact) mass is 407 g/mol. The van der Waals surface area contributed by atoms with Gasteiger partial charge in [0.2, 0.25) is 5.91 Å². The molecule has 0 aromatic heterocycles. The third-order valence-corrected chi connectivity index (χ3v) is 6.24. The van der Waals surface area contributed by atoms with Gasteiger partial charge < -0.3 is 15.7 Å². The molecule has 3 aliphatic heterocycles. The van der Waals surface area contributed by atoms with Crippen LogP contribution in [0.5, 0.6) is 0 Å². The highest BCUT2D eigenvalue weighted by atomic mass is 32.2. The lowest BCUT2D eigenvalue weighted by molar-refractivity contribution is -0.147. The summed E-state index contributed by atoms with van der Waals surface area (Å²) in [5.41, 5.74) is 6.13. The van der Waals surface area contributed by atoms with E-state index in [0.717, 1.165) is 11.0 Å². The molecule has 0 aliphatic carbocycles. The second-order valence-electron chi connectivity index (χ2n) is 6.59. The van der Waals surface area contributed by atoms with Crippen LogP contribution in [0.2, 0.25) is 0 Å². The maximum atomic E-state index is 14.0. The molecule has 2 fully saturated rings. The SMILES string of the molecule is NC1C(=O)N2C(C(=O)O)=C(/C=C3\CCN(c4ccc(F)cc4F)C3=O)CSC12. The summed E-state index contributed by atoms with van der Waals surface area (Å²) in [6, 6.07) is 2.22. The molecule has 1 aromatic rings. The van der Waals surface area contributed by atoms with Crippen LogP contribution in [0.4, 0.5) is 14.5 Å².